The van der Waals surface area contributed by atoms with Crippen molar-refractivity contribution in [1.82, 2.24) is 39.7 Å². The molecule has 4 aromatic rings. The van der Waals surface area contributed by atoms with Gasteiger partial charge in [-0.15, -0.1) is 0 Å². The Morgan fingerprint density at radius 2 is 1.34 bits per heavy atom. The summed E-state index contributed by atoms with van der Waals surface area (Å²) >= 11 is 0. The van der Waals surface area contributed by atoms with Gasteiger partial charge in [-0.1, -0.05) is 31.2 Å². The van der Waals surface area contributed by atoms with Crippen molar-refractivity contribution >= 4 is 0 Å². The first kappa shape index (κ1) is 22.1. The third kappa shape index (κ3) is 4.28. The maximum atomic E-state index is 4.66. The maximum Gasteiger partial charge on any atom is 0.159 e. The molecule has 0 radical (unpaired) electrons. The summed E-state index contributed by atoms with van der Waals surface area (Å²) < 4.78 is 0. The van der Waals surface area contributed by atoms with Gasteiger partial charge in [-0.2, -0.15) is 0 Å². The molecular formula is C27H32N8. The molecular weight excluding hydrogens is 436 g/mol. The molecule has 0 spiro atoms. The van der Waals surface area contributed by atoms with Gasteiger partial charge in [0.15, 0.2) is 5.82 Å². The highest BCUT2D eigenvalue weighted by molar-refractivity contribution is 5.66. The van der Waals surface area contributed by atoms with E-state index in [4.69, 9.17) is 0 Å². The zero-order chi connectivity index (χ0) is 23.8. The first-order valence-electron chi connectivity index (χ1n) is 12.7. The average Bonchev–Trinajstić information content (AvgIpc) is 3.70. The molecule has 2 saturated heterocycles. The van der Waals surface area contributed by atoms with Crippen LogP contribution in [-0.4, -0.2) is 66.4 Å². The van der Waals surface area contributed by atoms with E-state index < -0.39 is 0 Å². The van der Waals surface area contributed by atoms with Crippen LogP contribution in [0.4, 0.5) is 0 Å². The highest BCUT2D eigenvalue weighted by Gasteiger charge is 2.27. The fraction of sp³-hybridized carbons (Fsp3) is 0.407. The van der Waals surface area contributed by atoms with Gasteiger partial charge in [-0.3, -0.25) is 9.80 Å². The fourth-order valence-electron chi connectivity index (χ4n) is 5.49. The van der Waals surface area contributed by atoms with E-state index in [9.17, 15) is 0 Å². The van der Waals surface area contributed by atoms with E-state index in [1.54, 1.807) is 0 Å². The van der Waals surface area contributed by atoms with Crippen LogP contribution in [-0.2, 0) is 0 Å². The van der Waals surface area contributed by atoms with Crippen molar-refractivity contribution in [2.45, 2.75) is 44.7 Å². The van der Waals surface area contributed by atoms with Crippen LogP contribution in [0.25, 0.3) is 33.9 Å². The van der Waals surface area contributed by atoms with Crippen LogP contribution in [0.2, 0.25) is 0 Å². The van der Waals surface area contributed by atoms with E-state index in [0.29, 0.717) is 17.9 Å². The van der Waals surface area contributed by atoms with Crippen molar-refractivity contribution in [1.29, 1.82) is 0 Å². The van der Waals surface area contributed by atoms with Gasteiger partial charge in [-0.05, 0) is 57.9 Å². The van der Waals surface area contributed by atoms with E-state index in [0.717, 1.165) is 72.2 Å². The molecule has 3 aromatic heterocycles. The Balaban J connectivity index is 1.16. The quantitative estimate of drug-likeness (QED) is 0.421. The molecule has 0 bridgehead atoms. The van der Waals surface area contributed by atoms with Gasteiger partial charge in [0, 0.05) is 23.5 Å². The molecule has 8 nitrogen and oxygen atoms in total. The fourth-order valence-corrected chi connectivity index (χ4v) is 5.49. The van der Waals surface area contributed by atoms with Crippen molar-refractivity contribution < 1.29 is 0 Å². The van der Waals surface area contributed by atoms with Crippen molar-refractivity contribution in [2.24, 2.45) is 0 Å². The molecule has 2 fully saturated rings. The summed E-state index contributed by atoms with van der Waals surface area (Å²) in [7, 11) is 2.17. The van der Waals surface area contributed by atoms with Gasteiger partial charge in [0.2, 0.25) is 0 Å². The van der Waals surface area contributed by atoms with E-state index in [-0.39, 0.29) is 0 Å². The molecule has 0 saturated carbocycles. The summed E-state index contributed by atoms with van der Waals surface area (Å²) in [5.74, 6) is 2.81. The third-order valence-corrected chi connectivity index (χ3v) is 7.53. The van der Waals surface area contributed by atoms with Crippen molar-refractivity contribution in [3.8, 4) is 33.9 Å². The minimum atomic E-state index is 0.387. The number of rotatable bonds is 6. The number of aromatic amines is 2. The molecule has 0 amide bonds. The molecule has 2 aliphatic rings. The van der Waals surface area contributed by atoms with Crippen molar-refractivity contribution in [2.75, 3.05) is 26.7 Å². The van der Waals surface area contributed by atoms with Crippen molar-refractivity contribution in [3.63, 3.8) is 0 Å². The predicted molar refractivity (Wildman–Crippen MR) is 136 cm³/mol. The van der Waals surface area contributed by atoms with E-state index in [2.05, 4.69) is 77.9 Å². The molecule has 2 N–H and O–H groups in total. The zero-order valence-corrected chi connectivity index (χ0v) is 20.4. The standard InChI is InChI=1S/C27H32N8/c1-3-35-13-5-7-24(35)27-31-17-22(33-27)20-14-28-25(29-15-20)19-10-8-18(9-11-19)21-16-30-26(32-21)23-6-4-12-34(23)2/h8-11,14-17,23-24H,3-7,12-13H2,1-2H3,(H,30,32)(H,31,33)/t23-,24-/m0/s1. The molecule has 0 aliphatic carbocycles. The Morgan fingerprint density at radius 3 is 2.00 bits per heavy atom. The monoisotopic (exact) mass is 468 g/mol. The Morgan fingerprint density at radius 1 is 0.743 bits per heavy atom. The number of aromatic nitrogens is 6. The molecule has 35 heavy (non-hydrogen) atoms. The first-order chi connectivity index (χ1) is 17.2. The van der Waals surface area contributed by atoms with Crippen LogP contribution < -0.4 is 0 Å². The summed E-state index contributed by atoms with van der Waals surface area (Å²) in [5, 5.41) is 0. The van der Waals surface area contributed by atoms with Crippen LogP contribution in [0.3, 0.4) is 0 Å². The molecule has 1 aromatic carbocycles. The van der Waals surface area contributed by atoms with Crippen LogP contribution in [0.1, 0.15) is 56.3 Å². The third-order valence-electron chi connectivity index (χ3n) is 7.53. The van der Waals surface area contributed by atoms with Gasteiger partial charge in [0.05, 0.1) is 35.9 Å². The second kappa shape index (κ2) is 9.36. The topological polar surface area (TPSA) is 89.6 Å². The first-order valence-corrected chi connectivity index (χ1v) is 12.7. The number of hydrogen-bond acceptors (Lipinski definition) is 6. The maximum absolute atomic E-state index is 4.66. The molecule has 2 aliphatic heterocycles. The lowest BCUT2D eigenvalue weighted by Crippen LogP contribution is -2.23. The number of imidazole rings is 2. The summed E-state index contributed by atoms with van der Waals surface area (Å²) in [6, 6.07) is 9.12. The number of nitrogens with one attached hydrogen (secondary N) is 2. The highest BCUT2D eigenvalue weighted by atomic mass is 15.2. The number of nitrogens with zero attached hydrogens (tertiary/aromatic N) is 6. The SMILES string of the molecule is CCN1CCC[C@H]1c1ncc(-c2cnc(-c3ccc(-c4cnc([C@@H]5CCCN5C)[nH]4)cc3)nc2)[nH]1. The summed E-state index contributed by atoms with van der Waals surface area (Å²) in [5.41, 5.74) is 5.06. The number of benzene rings is 1. The lowest BCUT2D eigenvalue weighted by molar-refractivity contribution is 0.263. The molecule has 2 atom stereocenters. The van der Waals surface area contributed by atoms with E-state index in [1.165, 1.54) is 12.8 Å². The molecule has 6 rings (SSSR count). The zero-order valence-electron chi connectivity index (χ0n) is 20.4. The van der Waals surface area contributed by atoms with Gasteiger partial charge in [0.1, 0.15) is 11.6 Å². The minimum Gasteiger partial charge on any atom is -0.341 e. The largest absolute Gasteiger partial charge is 0.341 e. The van der Waals surface area contributed by atoms with Gasteiger partial charge in [-0.25, -0.2) is 19.9 Å². The van der Waals surface area contributed by atoms with Crippen LogP contribution >= 0.6 is 0 Å². The summed E-state index contributed by atoms with van der Waals surface area (Å²) in [6.45, 7) is 5.54. The second-order valence-corrected chi connectivity index (χ2v) is 9.66. The van der Waals surface area contributed by atoms with Crippen LogP contribution in [0.5, 0.6) is 0 Å². The van der Waals surface area contributed by atoms with Crippen LogP contribution in [0.15, 0.2) is 49.1 Å². The summed E-state index contributed by atoms with van der Waals surface area (Å²) in [4.78, 5) is 30.4. The summed E-state index contributed by atoms with van der Waals surface area (Å²) in [6.07, 6.45) is 12.4. The van der Waals surface area contributed by atoms with Gasteiger partial charge < -0.3 is 9.97 Å². The van der Waals surface area contributed by atoms with E-state index in [1.807, 2.05) is 24.8 Å². The smallest absolute Gasteiger partial charge is 0.159 e. The Bertz CT molecular complexity index is 1270. The lowest BCUT2D eigenvalue weighted by Gasteiger charge is -2.20. The second-order valence-electron chi connectivity index (χ2n) is 9.66. The van der Waals surface area contributed by atoms with Gasteiger partial charge in [0.25, 0.3) is 0 Å². The molecule has 5 heterocycles. The highest BCUT2D eigenvalue weighted by Crippen LogP contribution is 2.32. The number of hydrogen-bond donors (Lipinski definition) is 2. The molecule has 180 valence electrons. The minimum absolute atomic E-state index is 0.387. The predicted octanol–water partition coefficient (Wildman–Crippen LogP) is 4.85. The molecule has 0 unspecified atom stereocenters. The van der Waals surface area contributed by atoms with Gasteiger partial charge >= 0.3 is 0 Å². The van der Waals surface area contributed by atoms with E-state index >= 15 is 0 Å². The lowest BCUT2D eigenvalue weighted by atomic mass is 10.1. The average molecular weight is 469 g/mol. The molecule has 8 heteroatoms. The normalized spacial score (nSPS) is 21.2. The van der Waals surface area contributed by atoms with Crippen molar-refractivity contribution in [3.05, 3.63) is 60.7 Å². The Labute approximate surface area is 205 Å². The Kier molecular flexibility index (Phi) is 5.91. The number of H-pyrrole nitrogens is 2. The Hall–Kier alpha value is -3.36. The van der Waals surface area contributed by atoms with Crippen LogP contribution in [0, 0.1) is 0 Å². The number of likely N-dealkylation sites (tertiary alicyclic amines) is 2.